The number of nitrogens with one attached hydrogen (secondary N) is 1. The van der Waals surface area contributed by atoms with Crippen molar-refractivity contribution in [2.45, 2.75) is 51.7 Å². The minimum atomic E-state index is -0.578. The normalized spacial score (nSPS) is 13.4. The van der Waals surface area contributed by atoms with Crippen LogP contribution in [-0.4, -0.2) is 30.4 Å². The second-order valence-electron chi connectivity index (χ2n) is 5.38. The van der Waals surface area contributed by atoms with Gasteiger partial charge in [0.05, 0.1) is 5.56 Å². The van der Waals surface area contributed by atoms with E-state index in [-0.39, 0.29) is 6.61 Å². The van der Waals surface area contributed by atoms with E-state index in [1.54, 1.807) is 18.2 Å². The van der Waals surface area contributed by atoms with E-state index in [0.29, 0.717) is 23.9 Å². The molecule has 0 amide bonds. The quantitative estimate of drug-likeness (QED) is 0.650. The standard InChI is InChI=1S/C17H26N2O2/c1-3-4-5-8-14(2)19-12-16(20)13-21-17-10-7-6-9-15(17)11-18/h6-7,9-10,14,16,19-20H,3-5,8,12-13H2,1-2H3. The van der Waals surface area contributed by atoms with Crippen molar-refractivity contribution in [3.63, 3.8) is 0 Å². The van der Waals surface area contributed by atoms with Crippen molar-refractivity contribution < 1.29 is 9.84 Å². The smallest absolute Gasteiger partial charge is 0.137 e. The van der Waals surface area contributed by atoms with Gasteiger partial charge in [-0.3, -0.25) is 0 Å². The molecule has 0 aromatic heterocycles. The molecule has 0 aliphatic heterocycles. The summed E-state index contributed by atoms with van der Waals surface area (Å²) in [5.41, 5.74) is 0.491. The maximum absolute atomic E-state index is 9.92. The first-order valence-electron chi connectivity index (χ1n) is 7.70. The number of nitrogens with zero attached hydrogens (tertiary/aromatic N) is 1. The third-order valence-corrected chi connectivity index (χ3v) is 3.38. The first-order chi connectivity index (χ1) is 10.2. The molecule has 2 unspecified atom stereocenters. The summed E-state index contributed by atoms with van der Waals surface area (Å²) >= 11 is 0. The number of aliphatic hydroxyl groups is 1. The van der Waals surface area contributed by atoms with Crippen LogP contribution in [0.15, 0.2) is 24.3 Å². The van der Waals surface area contributed by atoms with E-state index in [2.05, 4.69) is 25.2 Å². The Labute approximate surface area is 127 Å². The van der Waals surface area contributed by atoms with Crippen LogP contribution < -0.4 is 10.1 Å². The van der Waals surface area contributed by atoms with Gasteiger partial charge in [0.15, 0.2) is 0 Å². The zero-order valence-corrected chi connectivity index (χ0v) is 13.0. The molecule has 0 heterocycles. The summed E-state index contributed by atoms with van der Waals surface area (Å²) in [7, 11) is 0. The van der Waals surface area contributed by atoms with Crippen molar-refractivity contribution >= 4 is 0 Å². The van der Waals surface area contributed by atoms with E-state index in [1.807, 2.05) is 6.07 Å². The fourth-order valence-electron chi connectivity index (χ4n) is 2.07. The van der Waals surface area contributed by atoms with E-state index in [0.717, 1.165) is 6.42 Å². The van der Waals surface area contributed by atoms with Crippen LogP contribution in [0.25, 0.3) is 0 Å². The van der Waals surface area contributed by atoms with E-state index in [4.69, 9.17) is 10.00 Å². The van der Waals surface area contributed by atoms with E-state index < -0.39 is 6.10 Å². The number of hydrogen-bond acceptors (Lipinski definition) is 4. The molecule has 2 N–H and O–H groups in total. The van der Waals surface area contributed by atoms with Crippen LogP contribution in [0.2, 0.25) is 0 Å². The lowest BCUT2D eigenvalue weighted by Gasteiger charge is -2.17. The number of nitriles is 1. The van der Waals surface area contributed by atoms with Gasteiger partial charge in [0.25, 0.3) is 0 Å². The second kappa shape index (κ2) is 10.2. The molecule has 1 rings (SSSR count). The van der Waals surface area contributed by atoms with Gasteiger partial charge in [0.2, 0.25) is 0 Å². The Kier molecular flexibility index (Phi) is 8.49. The maximum atomic E-state index is 9.92. The van der Waals surface area contributed by atoms with E-state index in [1.165, 1.54) is 19.3 Å². The second-order valence-corrected chi connectivity index (χ2v) is 5.38. The predicted molar refractivity (Wildman–Crippen MR) is 84.3 cm³/mol. The number of aliphatic hydroxyl groups excluding tert-OH is 1. The number of ether oxygens (including phenoxy) is 1. The lowest BCUT2D eigenvalue weighted by molar-refractivity contribution is 0.103. The Bertz CT molecular complexity index is 443. The maximum Gasteiger partial charge on any atom is 0.137 e. The molecule has 1 aromatic rings. The highest BCUT2D eigenvalue weighted by molar-refractivity contribution is 5.42. The minimum absolute atomic E-state index is 0.188. The molecule has 21 heavy (non-hydrogen) atoms. The zero-order valence-electron chi connectivity index (χ0n) is 13.0. The number of unbranched alkanes of at least 4 members (excludes halogenated alkanes) is 2. The highest BCUT2D eigenvalue weighted by Gasteiger charge is 2.09. The van der Waals surface area contributed by atoms with Gasteiger partial charge < -0.3 is 15.2 Å². The van der Waals surface area contributed by atoms with Gasteiger partial charge in [-0.25, -0.2) is 0 Å². The Hall–Kier alpha value is -1.57. The SMILES string of the molecule is CCCCCC(C)NCC(O)COc1ccccc1C#N. The van der Waals surface area contributed by atoms with Crippen molar-refractivity contribution in [2.24, 2.45) is 0 Å². The van der Waals surface area contributed by atoms with Crippen LogP contribution in [0.1, 0.15) is 45.1 Å². The lowest BCUT2D eigenvalue weighted by atomic mass is 10.1. The molecule has 116 valence electrons. The molecular weight excluding hydrogens is 264 g/mol. The number of rotatable bonds is 10. The third-order valence-electron chi connectivity index (χ3n) is 3.38. The Morgan fingerprint density at radius 1 is 1.33 bits per heavy atom. The summed E-state index contributed by atoms with van der Waals surface area (Å²) in [6.45, 7) is 5.02. The Morgan fingerprint density at radius 3 is 2.81 bits per heavy atom. The van der Waals surface area contributed by atoms with Crippen molar-refractivity contribution in [3.8, 4) is 11.8 Å². The van der Waals surface area contributed by atoms with Gasteiger partial charge in [0, 0.05) is 12.6 Å². The van der Waals surface area contributed by atoms with Crippen LogP contribution >= 0.6 is 0 Å². The van der Waals surface area contributed by atoms with E-state index >= 15 is 0 Å². The van der Waals surface area contributed by atoms with Crippen molar-refractivity contribution in [2.75, 3.05) is 13.2 Å². The number of hydrogen-bond donors (Lipinski definition) is 2. The summed E-state index contributed by atoms with van der Waals surface area (Å²) in [4.78, 5) is 0. The average Bonchev–Trinajstić information content (AvgIpc) is 2.51. The van der Waals surface area contributed by atoms with Crippen LogP contribution in [0.5, 0.6) is 5.75 Å². The molecule has 1 aromatic carbocycles. The summed E-state index contributed by atoms with van der Waals surface area (Å²) in [5, 5.41) is 22.2. The van der Waals surface area contributed by atoms with Gasteiger partial charge >= 0.3 is 0 Å². The average molecular weight is 290 g/mol. The van der Waals surface area contributed by atoms with Gasteiger partial charge in [-0.15, -0.1) is 0 Å². The topological polar surface area (TPSA) is 65.3 Å². The third kappa shape index (κ3) is 7.12. The molecular formula is C17H26N2O2. The molecule has 0 fully saturated rings. The fraction of sp³-hybridized carbons (Fsp3) is 0.588. The first kappa shape index (κ1) is 17.5. The zero-order chi connectivity index (χ0) is 15.5. The van der Waals surface area contributed by atoms with E-state index in [9.17, 15) is 5.11 Å². The van der Waals surface area contributed by atoms with Crippen molar-refractivity contribution in [3.05, 3.63) is 29.8 Å². The first-order valence-corrected chi connectivity index (χ1v) is 7.70. The molecule has 0 bridgehead atoms. The van der Waals surface area contributed by atoms with Gasteiger partial charge in [0.1, 0.15) is 24.5 Å². The van der Waals surface area contributed by atoms with Crippen LogP contribution in [0.4, 0.5) is 0 Å². The summed E-state index contributed by atoms with van der Waals surface area (Å²) in [6.07, 6.45) is 4.24. The molecule has 0 radical (unpaired) electrons. The van der Waals surface area contributed by atoms with Gasteiger partial charge in [-0.05, 0) is 25.5 Å². The lowest BCUT2D eigenvalue weighted by Crippen LogP contribution is -2.36. The monoisotopic (exact) mass is 290 g/mol. The molecule has 0 saturated heterocycles. The largest absolute Gasteiger partial charge is 0.489 e. The molecule has 4 nitrogen and oxygen atoms in total. The Morgan fingerprint density at radius 2 is 2.10 bits per heavy atom. The molecule has 4 heteroatoms. The minimum Gasteiger partial charge on any atom is -0.489 e. The number of para-hydroxylation sites is 1. The van der Waals surface area contributed by atoms with Gasteiger partial charge in [-0.1, -0.05) is 38.3 Å². The Balaban J connectivity index is 2.25. The molecule has 0 saturated carbocycles. The van der Waals surface area contributed by atoms with Crippen molar-refractivity contribution in [1.29, 1.82) is 5.26 Å². The summed E-state index contributed by atoms with van der Waals surface area (Å²) in [6, 6.07) is 9.53. The van der Waals surface area contributed by atoms with Gasteiger partial charge in [-0.2, -0.15) is 5.26 Å². The highest BCUT2D eigenvalue weighted by Crippen LogP contribution is 2.16. The van der Waals surface area contributed by atoms with Crippen LogP contribution in [0, 0.1) is 11.3 Å². The molecule has 0 aliphatic rings. The van der Waals surface area contributed by atoms with Crippen LogP contribution in [0.3, 0.4) is 0 Å². The molecule has 0 aliphatic carbocycles. The predicted octanol–water partition coefficient (Wildman–Crippen LogP) is 2.86. The number of benzene rings is 1. The van der Waals surface area contributed by atoms with Crippen molar-refractivity contribution in [1.82, 2.24) is 5.32 Å². The molecule has 2 atom stereocenters. The summed E-state index contributed by atoms with van der Waals surface area (Å²) in [5.74, 6) is 0.523. The highest BCUT2D eigenvalue weighted by atomic mass is 16.5. The fourth-order valence-corrected chi connectivity index (χ4v) is 2.07. The molecule has 0 spiro atoms. The summed E-state index contributed by atoms with van der Waals surface area (Å²) < 4.78 is 5.51. The van der Waals surface area contributed by atoms with Crippen LogP contribution in [-0.2, 0) is 0 Å².